The first-order valence-corrected chi connectivity index (χ1v) is 11.4. The lowest BCUT2D eigenvalue weighted by Gasteiger charge is -2.36. The summed E-state index contributed by atoms with van der Waals surface area (Å²) in [6, 6.07) is 4.45. The van der Waals surface area contributed by atoms with Crippen LogP contribution in [0.2, 0.25) is 0 Å². The van der Waals surface area contributed by atoms with E-state index in [4.69, 9.17) is 9.97 Å². The van der Waals surface area contributed by atoms with Crippen LogP contribution in [0, 0.1) is 0 Å². The first-order valence-electron chi connectivity index (χ1n) is 10.6. The monoisotopic (exact) mass is 408 g/mol. The van der Waals surface area contributed by atoms with E-state index in [2.05, 4.69) is 34.1 Å². The van der Waals surface area contributed by atoms with Gasteiger partial charge in [0.05, 0.1) is 5.39 Å². The number of likely N-dealkylation sites (N-methyl/N-ethyl adjacent to an activating group) is 1. The summed E-state index contributed by atoms with van der Waals surface area (Å²) in [7, 11) is 2.20. The van der Waals surface area contributed by atoms with E-state index in [0.717, 1.165) is 61.2 Å². The molecule has 2 aliphatic rings. The second-order valence-electron chi connectivity index (χ2n) is 8.24. The van der Waals surface area contributed by atoms with Crippen molar-refractivity contribution >= 4 is 27.4 Å². The lowest BCUT2D eigenvalue weighted by atomic mass is 10.1. The summed E-state index contributed by atoms with van der Waals surface area (Å²) >= 11 is 1.84. The van der Waals surface area contributed by atoms with E-state index in [0.29, 0.717) is 6.04 Å². The molecule has 1 saturated heterocycles. The van der Waals surface area contributed by atoms with Crippen molar-refractivity contribution < 1.29 is 0 Å². The fraction of sp³-hybridized carbons (Fsp3) is 0.500. The van der Waals surface area contributed by atoms with Gasteiger partial charge in [0, 0.05) is 61.6 Å². The van der Waals surface area contributed by atoms with Crippen LogP contribution in [0.3, 0.4) is 0 Å². The molecule has 29 heavy (non-hydrogen) atoms. The normalized spacial score (nSPS) is 18.8. The number of fused-ring (bicyclic) bond motifs is 3. The van der Waals surface area contributed by atoms with Crippen molar-refractivity contribution in [2.24, 2.45) is 0 Å². The maximum Gasteiger partial charge on any atom is 0.164 e. The number of pyridine rings is 1. The SMILES string of the molecule is CC(CNc1nc(-c2cccnc2)nc2sc3c(c12)CCC3)N1CCN(C)CC1. The molecule has 1 aliphatic heterocycles. The molecule has 6 nitrogen and oxygen atoms in total. The number of hydrogen-bond acceptors (Lipinski definition) is 7. The molecule has 4 heterocycles. The van der Waals surface area contributed by atoms with Gasteiger partial charge in [0.25, 0.3) is 0 Å². The number of aryl methyl sites for hydroxylation is 2. The quantitative estimate of drug-likeness (QED) is 0.699. The zero-order valence-electron chi connectivity index (χ0n) is 17.2. The number of thiophene rings is 1. The standard InChI is InChI=1S/C22H28N6S/c1-15(28-11-9-27(2)10-12-28)13-24-21-19-17-6-3-7-18(17)29-22(19)26-20(25-21)16-5-4-8-23-14-16/h4-5,8,14-15H,3,6-7,9-13H2,1-2H3,(H,24,25,26). The van der Waals surface area contributed by atoms with Crippen LogP contribution in [0.15, 0.2) is 24.5 Å². The van der Waals surface area contributed by atoms with Crippen LogP contribution in [0.5, 0.6) is 0 Å². The smallest absolute Gasteiger partial charge is 0.164 e. The summed E-state index contributed by atoms with van der Waals surface area (Å²) in [6.45, 7) is 7.76. The maximum atomic E-state index is 4.97. The zero-order valence-corrected chi connectivity index (χ0v) is 18.0. The second-order valence-corrected chi connectivity index (χ2v) is 9.33. The van der Waals surface area contributed by atoms with Crippen molar-refractivity contribution in [3.05, 3.63) is 35.0 Å². The Hall–Kier alpha value is -2.09. The fourth-order valence-electron chi connectivity index (χ4n) is 4.38. The lowest BCUT2D eigenvalue weighted by Crippen LogP contribution is -2.49. The van der Waals surface area contributed by atoms with Gasteiger partial charge in [0.15, 0.2) is 5.82 Å². The third-order valence-electron chi connectivity index (χ3n) is 6.21. The van der Waals surface area contributed by atoms with Crippen LogP contribution >= 0.6 is 11.3 Å². The number of nitrogens with zero attached hydrogens (tertiary/aromatic N) is 5. The Labute approximate surface area is 176 Å². The number of aromatic nitrogens is 3. The number of piperazine rings is 1. The van der Waals surface area contributed by atoms with Crippen molar-refractivity contribution in [1.29, 1.82) is 0 Å². The maximum absolute atomic E-state index is 4.97. The Balaban J connectivity index is 1.45. The minimum atomic E-state index is 0.474. The second kappa shape index (κ2) is 7.97. The summed E-state index contributed by atoms with van der Waals surface area (Å²) in [5.74, 6) is 1.76. The lowest BCUT2D eigenvalue weighted by molar-refractivity contribution is 0.123. The molecule has 0 amide bonds. The van der Waals surface area contributed by atoms with E-state index in [9.17, 15) is 0 Å². The van der Waals surface area contributed by atoms with Crippen LogP contribution in [0.25, 0.3) is 21.6 Å². The third kappa shape index (κ3) is 3.74. The Kier molecular flexibility index (Phi) is 5.20. The fourth-order valence-corrected chi connectivity index (χ4v) is 5.65. The van der Waals surface area contributed by atoms with E-state index in [1.165, 1.54) is 28.7 Å². The predicted octanol–water partition coefficient (Wildman–Crippen LogP) is 3.29. The number of rotatable bonds is 5. The first-order chi connectivity index (χ1) is 14.2. The first kappa shape index (κ1) is 18.9. The molecule has 1 N–H and O–H groups in total. The van der Waals surface area contributed by atoms with Crippen molar-refractivity contribution in [2.45, 2.75) is 32.2 Å². The molecule has 1 unspecified atom stereocenters. The predicted molar refractivity (Wildman–Crippen MR) is 120 cm³/mol. The van der Waals surface area contributed by atoms with Gasteiger partial charge in [-0.15, -0.1) is 11.3 Å². The molecule has 1 atom stereocenters. The minimum absolute atomic E-state index is 0.474. The van der Waals surface area contributed by atoms with Gasteiger partial charge in [-0.3, -0.25) is 9.88 Å². The average molecular weight is 409 g/mol. The number of anilines is 1. The summed E-state index contributed by atoms with van der Waals surface area (Å²) in [5.41, 5.74) is 2.44. The van der Waals surface area contributed by atoms with Crippen LogP contribution in [0.4, 0.5) is 5.82 Å². The van der Waals surface area contributed by atoms with Gasteiger partial charge in [-0.05, 0) is 50.9 Å². The van der Waals surface area contributed by atoms with E-state index < -0.39 is 0 Å². The highest BCUT2D eigenvalue weighted by atomic mass is 32.1. The molecule has 0 radical (unpaired) electrons. The van der Waals surface area contributed by atoms with Crippen LogP contribution in [-0.2, 0) is 12.8 Å². The molecule has 0 bridgehead atoms. The van der Waals surface area contributed by atoms with Gasteiger partial charge in [-0.25, -0.2) is 9.97 Å². The number of nitrogens with one attached hydrogen (secondary N) is 1. The van der Waals surface area contributed by atoms with Gasteiger partial charge in [-0.1, -0.05) is 0 Å². The van der Waals surface area contributed by atoms with Gasteiger partial charge < -0.3 is 10.2 Å². The molecular formula is C22H28N6S. The van der Waals surface area contributed by atoms with Gasteiger partial charge in [-0.2, -0.15) is 0 Å². The summed E-state index contributed by atoms with van der Waals surface area (Å²) in [6.07, 6.45) is 7.21. The molecule has 3 aromatic heterocycles. The largest absolute Gasteiger partial charge is 0.368 e. The molecule has 3 aromatic rings. The number of hydrogen-bond donors (Lipinski definition) is 1. The van der Waals surface area contributed by atoms with E-state index in [1.807, 2.05) is 29.7 Å². The molecule has 1 aliphatic carbocycles. The molecule has 5 rings (SSSR count). The Morgan fingerprint density at radius 2 is 2.03 bits per heavy atom. The zero-order chi connectivity index (χ0) is 19.8. The summed E-state index contributed by atoms with van der Waals surface area (Å²) in [4.78, 5) is 21.7. The van der Waals surface area contributed by atoms with E-state index >= 15 is 0 Å². The van der Waals surface area contributed by atoms with Gasteiger partial charge >= 0.3 is 0 Å². The summed E-state index contributed by atoms with van der Waals surface area (Å²) < 4.78 is 0. The molecule has 0 aromatic carbocycles. The van der Waals surface area contributed by atoms with Crippen LogP contribution in [0.1, 0.15) is 23.8 Å². The summed E-state index contributed by atoms with van der Waals surface area (Å²) in [5, 5.41) is 4.95. The highest BCUT2D eigenvalue weighted by Gasteiger charge is 2.24. The molecular weight excluding hydrogens is 380 g/mol. The van der Waals surface area contributed by atoms with Crippen molar-refractivity contribution in [1.82, 2.24) is 24.8 Å². The highest BCUT2D eigenvalue weighted by molar-refractivity contribution is 7.19. The molecule has 7 heteroatoms. The van der Waals surface area contributed by atoms with E-state index in [-0.39, 0.29) is 0 Å². The average Bonchev–Trinajstić information content (AvgIpc) is 3.34. The minimum Gasteiger partial charge on any atom is -0.368 e. The molecule has 0 saturated carbocycles. The topological polar surface area (TPSA) is 57.2 Å². The van der Waals surface area contributed by atoms with Crippen LogP contribution in [-0.4, -0.2) is 70.6 Å². The molecule has 0 spiro atoms. The Morgan fingerprint density at radius 1 is 1.17 bits per heavy atom. The van der Waals surface area contributed by atoms with Gasteiger partial charge in [0.1, 0.15) is 10.6 Å². The third-order valence-corrected chi connectivity index (χ3v) is 7.40. The van der Waals surface area contributed by atoms with Crippen molar-refractivity contribution in [3.63, 3.8) is 0 Å². The van der Waals surface area contributed by atoms with Crippen molar-refractivity contribution in [3.8, 4) is 11.4 Å². The Bertz CT molecular complexity index is 993. The molecule has 152 valence electrons. The van der Waals surface area contributed by atoms with Crippen molar-refractivity contribution in [2.75, 3.05) is 45.1 Å². The van der Waals surface area contributed by atoms with Gasteiger partial charge in [0.2, 0.25) is 0 Å². The highest BCUT2D eigenvalue weighted by Crippen LogP contribution is 2.40. The molecule has 1 fully saturated rings. The van der Waals surface area contributed by atoms with Crippen LogP contribution < -0.4 is 5.32 Å². The van der Waals surface area contributed by atoms with E-state index in [1.54, 1.807) is 6.20 Å². The Morgan fingerprint density at radius 3 is 2.83 bits per heavy atom.